The zero-order chi connectivity index (χ0) is 9.52. The molecule has 0 aromatic carbocycles. The van der Waals surface area contributed by atoms with Crippen molar-refractivity contribution < 1.29 is 9.90 Å². The number of carbonyl (C=O) groups is 1. The van der Waals surface area contributed by atoms with Gasteiger partial charge in [0.1, 0.15) is 0 Å². The normalized spacial score (nSPS) is 19.1. The van der Waals surface area contributed by atoms with Crippen molar-refractivity contribution in [1.82, 2.24) is 5.32 Å². The van der Waals surface area contributed by atoms with Crippen LogP contribution in [0.15, 0.2) is 12.3 Å². The van der Waals surface area contributed by atoms with Gasteiger partial charge in [-0.25, -0.2) is 4.79 Å². The Hall–Kier alpha value is -0.640. The molecule has 4 heteroatoms. The highest BCUT2D eigenvalue weighted by atomic mass is 32.2. The minimum atomic E-state index is -0.897. The fourth-order valence-electron chi connectivity index (χ4n) is 1.32. The lowest BCUT2D eigenvalue weighted by molar-refractivity contribution is -0.131. The van der Waals surface area contributed by atoms with Gasteiger partial charge in [-0.05, 0) is 30.3 Å². The van der Waals surface area contributed by atoms with Crippen LogP contribution < -0.4 is 5.32 Å². The Labute approximate surface area is 82.6 Å². The predicted molar refractivity (Wildman–Crippen MR) is 54.8 cm³/mol. The highest BCUT2D eigenvalue weighted by Gasteiger charge is 2.11. The van der Waals surface area contributed by atoms with E-state index in [0.717, 1.165) is 18.5 Å². The molecule has 0 atom stereocenters. The van der Waals surface area contributed by atoms with Crippen LogP contribution in [0.25, 0.3) is 0 Å². The summed E-state index contributed by atoms with van der Waals surface area (Å²) in [5.41, 5.74) is 0. The minimum Gasteiger partial charge on any atom is -0.478 e. The van der Waals surface area contributed by atoms with E-state index in [4.69, 9.17) is 5.11 Å². The topological polar surface area (TPSA) is 49.3 Å². The van der Waals surface area contributed by atoms with Gasteiger partial charge in [-0.2, -0.15) is 11.8 Å². The molecule has 2 N–H and O–H groups in total. The summed E-state index contributed by atoms with van der Waals surface area (Å²) in [5.74, 6) is 2.32. The van der Waals surface area contributed by atoms with Crippen LogP contribution in [0.5, 0.6) is 0 Å². The first-order valence-corrected chi connectivity index (χ1v) is 5.65. The van der Waals surface area contributed by atoms with Crippen molar-refractivity contribution >= 4 is 17.7 Å². The standard InChI is InChI=1S/C9H15NO2S/c11-9(12)1-4-10-7-8-2-5-13-6-3-8/h1,4,8,10H,2-3,5-7H2,(H,11,12)/b4-1+. The van der Waals surface area contributed by atoms with Crippen molar-refractivity contribution in [1.29, 1.82) is 0 Å². The van der Waals surface area contributed by atoms with Crippen LogP contribution in [-0.2, 0) is 4.79 Å². The Morgan fingerprint density at radius 3 is 2.85 bits per heavy atom. The zero-order valence-corrected chi connectivity index (χ0v) is 8.35. The summed E-state index contributed by atoms with van der Waals surface area (Å²) >= 11 is 2.00. The molecule has 3 nitrogen and oxygen atoms in total. The van der Waals surface area contributed by atoms with Crippen molar-refractivity contribution in [2.24, 2.45) is 5.92 Å². The van der Waals surface area contributed by atoms with E-state index in [1.807, 2.05) is 11.8 Å². The van der Waals surface area contributed by atoms with Crippen LogP contribution in [0.1, 0.15) is 12.8 Å². The first-order valence-electron chi connectivity index (χ1n) is 4.49. The summed E-state index contributed by atoms with van der Waals surface area (Å²) in [6, 6.07) is 0. The third kappa shape index (κ3) is 4.83. The van der Waals surface area contributed by atoms with Crippen LogP contribution in [0.3, 0.4) is 0 Å². The van der Waals surface area contributed by atoms with Crippen LogP contribution >= 0.6 is 11.8 Å². The minimum absolute atomic E-state index is 0.722. The van der Waals surface area contributed by atoms with E-state index in [-0.39, 0.29) is 0 Å². The maximum atomic E-state index is 10.1. The summed E-state index contributed by atoms with van der Waals surface area (Å²) in [7, 11) is 0. The molecule has 0 spiro atoms. The number of rotatable bonds is 4. The number of aliphatic carboxylic acids is 1. The van der Waals surface area contributed by atoms with Crippen LogP contribution in [0.2, 0.25) is 0 Å². The van der Waals surface area contributed by atoms with E-state index in [1.165, 1.54) is 30.5 Å². The van der Waals surface area contributed by atoms with E-state index in [2.05, 4.69) is 5.32 Å². The smallest absolute Gasteiger partial charge is 0.329 e. The second kappa shape index (κ2) is 5.91. The van der Waals surface area contributed by atoms with E-state index < -0.39 is 5.97 Å². The molecule has 0 unspecified atom stereocenters. The van der Waals surface area contributed by atoms with E-state index in [1.54, 1.807) is 0 Å². The number of nitrogens with one attached hydrogen (secondary N) is 1. The quantitative estimate of drug-likeness (QED) is 0.673. The maximum absolute atomic E-state index is 10.1. The molecule has 13 heavy (non-hydrogen) atoms. The molecule has 0 aliphatic carbocycles. The lowest BCUT2D eigenvalue weighted by atomic mass is 10.0. The van der Waals surface area contributed by atoms with Gasteiger partial charge in [0.05, 0.1) is 0 Å². The molecule has 0 saturated carbocycles. The van der Waals surface area contributed by atoms with Gasteiger partial charge in [-0.15, -0.1) is 0 Å². The SMILES string of the molecule is O=C(O)/C=C/NCC1CCSCC1. The van der Waals surface area contributed by atoms with Crippen LogP contribution in [0.4, 0.5) is 0 Å². The third-order valence-electron chi connectivity index (χ3n) is 2.09. The third-order valence-corrected chi connectivity index (χ3v) is 3.14. The molecule has 0 aromatic rings. The largest absolute Gasteiger partial charge is 0.478 e. The van der Waals surface area contributed by atoms with E-state index >= 15 is 0 Å². The molecule has 1 heterocycles. The van der Waals surface area contributed by atoms with Gasteiger partial charge in [0.15, 0.2) is 0 Å². The van der Waals surface area contributed by atoms with Gasteiger partial charge in [0.25, 0.3) is 0 Å². The monoisotopic (exact) mass is 201 g/mol. The van der Waals surface area contributed by atoms with E-state index in [0.29, 0.717) is 0 Å². The van der Waals surface area contributed by atoms with Gasteiger partial charge < -0.3 is 10.4 Å². The Morgan fingerprint density at radius 2 is 2.23 bits per heavy atom. The second-order valence-corrected chi connectivity index (χ2v) is 4.36. The molecule has 74 valence electrons. The molecule has 0 amide bonds. The number of carboxylic acid groups (broad SMARTS) is 1. The molecule has 1 fully saturated rings. The molecule has 0 radical (unpaired) electrons. The van der Waals surface area contributed by atoms with Crippen molar-refractivity contribution in [2.45, 2.75) is 12.8 Å². The van der Waals surface area contributed by atoms with Crippen molar-refractivity contribution in [3.63, 3.8) is 0 Å². The highest BCUT2D eigenvalue weighted by Crippen LogP contribution is 2.21. The van der Waals surface area contributed by atoms with Gasteiger partial charge in [-0.1, -0.05) is 0 Å². The summed E-state index contributed by atoms with van der Waals surface area (Å²) in [6.45, 7) is 0.907. The average molecular weight is 201 g/mol. The number of carboxylic acids is 1. The number of hydrogen-bond acceptors (Lipinski definition) is 3. The highest BCUT2D eigenvalue weighted by molar-refractivity contribution is 7.99. The maximum Gasteiger partial charge on any atom is 0.329 e. The van der Waals surface area contributed by atoms with Crippen molar-refractivity contribution in [3.8, 4) is 0 Å². The summed E-state index contributed by atoms with van der Waals surface area (Å²) in [4.78, 5) is 10.1. The predicted octanol–water partition coefficient (Wildman–Crippen LogP) is 1.32. The van der Waals surface area contributed by atoms with Gasteiger partial charge in [-0.3, -0.25) is 0 Å². The molecular weight excluding hydrogens is 186 g/mol. The molecule has 1 saturated heterocycles. The summed E-state index contributed by atoms with van der Waals surface area (Å²) in [6.07, 6.45) is 5.15. The number of hydrogen-bond donors (Lipinski definition) is 2. The summed E-state index contributed by atoms with van der Waals surface area (Å²) < 4.78 is 0. The Kier molecular flexibility index (Phi) is 4.75. The molecular formula is C9H15NO2S. The first-order chi connectivity index (χ1) is 6.29. The van der Waals surface area contributed by atoms with Gasteiger partial charge >= 0.3 is 5.97 Å². The fourth-order valence-corrected chi connectivity index (χ4v) is 2.52. The molecule has 0 aromatic heterocycles. The average Bonchev–Trinajstić information content (AvgIpc) is 2.14. The van der Waals surface area contributed by atoms with Crippen molar-refractivity contribution in [3.05, 3.63) is 12.3 Å². The van der Waals surface area contributed by atoms with E-state index in [9.17, 15) is 4.79 Å². The number of thioether (sulfide) groups is 1. The Morgan fingerprint density at radius 1 is 1.54 bits per heavy atom. The Balaban J connectivity index is 2.07. The molecule has 0 bridgehead atoms. The fraction of sp³-hybridized carbons (Fsp3) is 0.667. The molecule has 1 aliphatic heterocycles. The van der Waals surface area contributed by atoms with Crippen LogP contribution in [0, 0.1) is 5.92 Å². The zero-order valence-electron chi connectivity index (χ0n) is 7.53. The van der Waals surface area contributed by atoms with Gasteiger partial charge in [0.2, 0.25) is 0 Å². The summed E-state index contributed by atoms with van der Waals surface area (Å²) in [5, 5.41) is 11.3. The van der Waals surface area contributed by atoms with Crippen molar-refractivity contribution in [2.75, 3.05) is 18.1 Å². The molecule has 1 aliphatic rings. The Bertz CT molecular complexity index is 188. The lowest BCUT2D eigenvalue weighted by Gasteiger charge is -2.20. The first kappa shape index (κ1) is 10.4. The van der Waals surface area contributed by atoms with Gasteiger partial charge in [0, 0.05) is 18.8 Å². The molecule has 1 rings (SSSR count). The van der Waals surface area contributed by atoms with Crippen LogP contribution in [-0.4, -0.2) is 29.1 Å². The second-order valence-electron chi connectivity index (χ2n) is 3.14. The lowest BCUT2D eigenvalue weighted by Crippen LogP contribution is -2.22.